The second-order valence-electron chi connectivity index (χ2n) is 3.32. The van der Waals surface area contributed by atoms with Crippen molar-refractivity contribution in [1.82, 2.24) is 5.32 Å². The van der Waals surface area contributed by atoms with Crippen molar-refractivity contribution in [2.45, 2.75) is 19.8 Å². The summed E-state index contributed by atoms with van der Waals surface area (Å²) in [6, 6.07) is 4.94. The van der Waals surface area contributed by atoms with E-state index in [4.69, 9.17) is 5.11 Å². The Morgan fingerprint density at radius 2 is 1.87 bits per heavy atom. The third-order valence-corrected chi connectivity index (χ3v) is 2.06. The SMILES string of the molecule is CCCNCCc1ccc(O)c(O)c1.Cl. The van der Waals surface area contributed by atoms with Gasteiger partial charge in [-0.15, -0.1) is 12.4 Å². The maximum absolute atomic E-state index is 9.23. The molecule has 86 valence electrons. The molecule has 0 unspecified atom stereocenters. The Hall–Kier alpha value is -0.930. The first-order valence-corrected chi connectivity index (χ1v) is 4.95. The largest absolute Gasteiger partial charge is 0.504 e. The van der Waals surface area contributed by atoms with E-state index in [0.717, 1.165) is 31.5 Å². The molecule has 0 saturated carbocycles. The highest BCUT2D eigenvalue weighted by Gasteiger charge is 1.99. The Balaban J connectivity index is 0.00000196. The van der Waals surface area contributed by atoms with Crippen LogP contribution in [-0.2, 0) is 6.42 Å². The first-order valence-electron chi connectivity index (χ1n) is 4.95. The molecule has 0 aliphatic heterocycles. The average molecular weight is 232 g/mol. The number of phenols is 2. The Kier molecular flexibility index (Phi) is 6.92. The van der Waals surface area contributed by atoms with Gasteiger partial charge in [0.25, 0.3) is 0 Å². The monoisotopic (exact) mass is 231 g/mol. The van der Waals surface area contributed by atoms with Crippen molar-refractivity contribution < 1.29 is 10.2 Å². The van der Waals surface area contributed by atoms with Crippen molar-refractivity contribution >= 4 is 12.4 Å². The van der Waals surface area contributed by atoms with E-state index in [1.807, 2.05) is 6.07 Å². The number of phenolic OH excluding ortho intramolecular Hbond substituents is 2. The molecule has 1 aromatic rings. The molecule has 0 saturated heterocycles. The third-order valence-electron chi connectivity index (χ3n) is 2.06. The smallest absolute Gasteiger partial charge is 0.157 e. The summed E-state index contributed by atoms with van der Waals surface area (Å²) in [6.07, 6.45) is 1.99. The van der Waals surface area contributed by atoms with Gasteiger partial charge >= 0.3 is 0 Å². The van der Waals surface area contributed by atoms with Gasteiger partial charge in [-0.3, -0.25) is 0 Å². The fraction of sp³-hybridized carbons (Fsp3) is 0.455. The van der Waals surface area contributed by atoms with Gasteiger partial charge in [0.2, 0.25) is 0 Å². The van der Waals surface area contributed by atoms with Gasteiger partial charge in [0.05, 0.1) is 0 Å². The minimum absolute atomic E-state index is 0. The molecular weight excluding hydrogens is 214 g/mol. The third kappa shape index (κ3) is 4.91. The van der Waals surface area contributed by atoms with Crippen LogP contribution in [0.1, 0.15) is 18.9 Å². The van der Waals surface area contributed by atoms with Crippen LogP contribution in [0.3, 0.4) is 0 Å². The summed E-state index contributed by atoms with van der Waals surface area (Å²) in [5, 5.41) is 21.6. The summed E-state index contributed by atoms with van der Waals surface area (Å²) in [5.41, 5.74) is 1.03. The first kappa shape index (κ1) is 14.1. The Bertz CT molecular complexity index is 292. The number of hydrogen-bond acceptors (Lipinski definition) is 3. The van der Waals surface area contributed by atoms with Crippen LogP contribution in [0.15, 0.2) is 18.2 Å². The predicted molar refractivity (Wildman–Crippen MR) is 63.9 cm³/mol. The van der Waals surface area contributed by atoms with Crippen LogP contribution >= 0.6 is 12.4 Å². The fourth-order valence-electron chi connectivity index (χ4n) is 1.26. The lowest BCUT2D eigenvalue weighted by atomic mass is 10.1. The number of rotatable bonds is 5. The molecule has 0 aliphatic carbocycles. The van der Waals surface area contributed by atoms with Crippen molar-refractivity contribution in [3.63, 3.8) is 0 Å². The molecule has 0 heterocycles. The van der Waals surface area contributed by atoms with Gasteiger partial charge in [0.1, 0.15) is 0 Å². The zero-order chi connectivity index (χ0) is 10.4. The molecule has 0 fully saturated rings. The molecule has 1 aromatic carbocycles. The van der Waals surface area contributed by atoms with Crippen molar-refractivity contribution in [3.8, 4) is 11.5 Å². The predicted octanol–water partition coefficient (Wildman–Crippen LogP) is 2.06. The highest BCUT2D eigenvalue weighted by molar-refractivity contribution is 5.85. The summed E-state index contributed by atoms with van der Waals surface area (Å²) < 4.78 is 0. The van der Waals surface area contributed by atoms with Crippen LogP contribution in [0, 0.1) is 0 Å². The number of hydrogen-bond donors (Lipinski definition) is 3. The van der Waals surface area contributed by atoms with Crippen molar-refractivity contribution in [2.24, 2.45) is 0 Å². The Morgan fingerprint density at radius 3 is 2.47 bits per heavy atom. The lowest BCUT2D eigenvalue weighted by Crippen LogP contribution is -2.17. The number of benzene rings is 1. The van der Waals surface area contributed by atoms with Crippen LogP contribution < -0.4 is 5.32 Å². The van der Waals surface area contributed by atoms with Crippen LogP contribution in [0.4, 0.5) is 0 Å². The quantitative estimate of drug-likeness (QED) is 0.537. The van der Waals surface area contributed by atoms with Gasteiger partial charge in [-0.2, -0.15) is 0 Å². The van der Waals surface area contributed by atoms with E-state index >= 15 is 0 Å². The molecule has 1 rings (SSSR count). The van der Waals surface area contributed by atoms with Crippen LogP contribution in [0.25, 0.3) is 0 Å². The number of nitrogens with one attached hydrogen (secondary N) is 1. The molecule has 0 aliphatic rings. The van der Waals surface area contributed by atoms with Crippen LogP contribution in [-0.4, -0.2) is 23.3 Å². The van der Waals surface area contributed by atoms with Gasteiger partial charge in [-0.25, -0.2) is 0 Å². The van der Waals surface area contributed by atoms with Gasteiger partial charge in [0.15, 0.2) is 11.5 Å². The van der Waals surface area contributed by atoms with E-state index in [1.165, 1.54) is 6.07 Å². The Labute approximate surface area is 96.5 Å². The summed E-state index contributed by atoms with van der Waals surface area (Å²) in [6.45, 7) is 4.04. The molecule has 0 aromatic heterocycles. The molecule has 0 amide bonds. The van der Waals surface area contributed by atoms with Gasteiger partial charge in [-0.1, -0.05) is 13.0 Å². The summed E-state index contributed by atoms with van der Waals surface area (Å²) in [7, 11) is 0. The van der Waals surface area contributed by atoms with E-state index in [2.05, 4.69) is 12.2 Å². The molecule has 0 bridgehead atoms. The maximum atomic E-state index is 9.23. The maximum Gasteiger partial charge on any atom is 0.157 e. The minimum Gasteiger partial charge on any atom is -0.504 e. The summed E-state index contributed by atoms with van der Waals surface area (Å²) in [4.78, 5) is 0. The molecule has 15 heavy (non-hydrogen) atoms. The molecule has 3 N–H and O–H groups in total. The second kappa shape index (κ2) is 7.37. The number of aromatic hydroxyl groups is 2. The number of halogens is 1. The minimum atomic E-state index is -0.0599. The van der Waals surface area contributed by atoms with Gasteiger partial charge in [-0.05, 0) is 43.6 Å². The van der Waals surface area contributed by atoms with Crippen LogP contribution in [0.5, 0.6) is 11.5 Å². The van der Waals surface area contributed by atoms with Crippen molar-refractivity contribution in [2.75, 3.05) is 13.1 Å². The highest BCUT2D eigenvalue weighted by atomic mass is 35.5. The van der Waals surface area contributed by atoms with Crippen molar-refractivity contribution in [3.05, 3.63) is 23.8 Å². The van der Waals surface area contributed by atoms with Gasteiger partial charge in [0, 0.05) is 0 Å². The van der Waals surface area contributed by atoms with E-state index in [9.17, 15) is 5.11 Å². The summed E-state index contributed by atoms with van der Waals surface area (Å²) in [5.74, 6) is -0.103. The first-order chi connectivity index (χ1) is 6.74. The highest BCUT2D eigenvalue weighted by Crippen LogP contribution is 2.24. The lowest BCUT2D eigenvalue weighted by molar-refractivity contribution is 0.403. The van der Waals surface area contributed by atoms with E-state index in [0.29, 0.717) is 0 Å². The van der Waals surface area contributed by atoms with Crippen molar-refractivity contribution in [1.29, 1.82) is 0 Å². The van der Waals surface area contributed by atoms with Crippen LogP contribution in [0.2, 0.25) is 0 Å². The zero-order valence-electron chi connectivity index (χ0n) is 8.86. The van der Waals surface area contributed by atoms with Gasteiger partial charge < -0.3 is 15.5 Å². The molecule has 0 atom stereocenters. The average Bonchev–Trinajstić information content (AvgIpc) is 2.18. The normalized spacial score (nSPS) is 9.67. The summed E-state index contributed by atoms with van der Waals surface area (Å²) >= 11 is 0. The molecule has 3 nitrogen and oxygen atoms in total. The molecule has 0 radical (unpaired) electrons. The molecular formula is C11H18ClNO2. The zero-order valence-corrected chi connectivity index (χ0v) is 9.68. The fourth-order valence-corrected chi connectivity index (χ4v) is 1.26. The standard InChI is InChI=1S/C11H17NO2.ClH/c1-2-6-12-7-5-9-3-4-10(13)11(14)8-9;/h3-4,8,12-14H,2,5-7H2,1H3;1H. The van der Waals surface area contributed by atoms with E-state index < -0.39 is 0 Å². The topological polar surface area (TPSA) is 52.5 Å². The lowest BCUT2D eigenvalue weighted by Gasteiger charge is -2.04. The molecule has 4 heteroatoms. The van der Waals surface area contributed by atoms with E-state index in [-0.39, 0.29) is 23.9 Å². The molecule has 0 spiro atoms. The second-order valence-corrected chi connectivity index (χ2v) is 3.32. The van der Waals surface area contributed by atoms with E-state index in [1.54, 1.807) is 6.07 Å². The Morgan fingerprint density at radius 1 is 1.13 bits per heavy atom.